The Morgan fingerprint density at radius 2 is 1.95 bits per heavy atom. The summed E-state index contributed by atoms with van der Waals surface area (Å²) in [6, 6.07) is -0.489. The molecule has 2 fully saturated rings. The van der Waals surface area contributed by atoms with Gasteiger partial charge in [-0.1, -0.05) is 13.5 Å². The number of rotatable bonds is 3. The van der Waals surface area contributed by atoms with Gasteiger partial charge in [0.2, 0.25) is 11.8 Å². The number of ketones is 1. The summed E-state index contributed by atoms with van der Waals surface area (Å²) in [7, 11) is 0. The molecule has 0 aliphatic carbocycles. The monoisotopic (exact) mass is 264 g/mol. The summed E-state index contributed by atoms with van der Waals surface area (Å²) in [4.78, 5) is 38.8. The number of Topliss-reactive ketones (excluding diaryl/α,β-unsaturated/α-hetero) is 1. The Bertz CT molecular complexity index is 458. The molecule has 3 atom stereocenters. The Labute approximate surface area is 113 Å². The van der Waals surface area contributed by atoms with Crippen LogP contribution in [0, 0.1) is 5.92 Å². The second-order valence-corrected chi connectivity index (χ2v) is 5.65. The Morgan fingerprint density at radius 1 is 1.32 bits per heavy atom. The number of nitrogens with zero attached hydrogens (tertiary/aromatic N) is 2. The third-order valence-corrected chi connectivity index (χ3v) is 3.91. The molecule has 2 aliphatic rings. The summed E-state index contributed by atoms with van der Waals surface area (Å²) in [6.45, 7) is 9.25. The molecule has 2 rings (SSSR count). The first-order valence-electron chi connectivity index (χ1n) is 6.63. The third kappa shape index (κ3) is 2.29. The highest BCUT2D eigenvalue weighted by atomic mass is 16.2. The molecule has 5 heteroatoms. The van der Waals surface area contributed by atoms with Crippen LogP contribution in [0.15, 0.2) is 12.3 Å². The SMILES string of the molecule is C=C1CC(C)C(=O)N1C1CC(C)N(CC(C)=O)C1=O. The van der Waals surface area contributed by atoms with Crippen molar-refractivity contribution < 1.29 is 14.4 Å². The highest BCUT2D eigenvalue weighted by Crippen LogP contribution is 2.33. The van der Waals surface area contributed by atoms with E-state index in [1.807, 2.05) is 13.8 Å². The molecule has 0 aromatic rings. The normalized spacial score (nSPS) is 31.5. The molecule has 2 aliphatic heterocycles. The molecular formula is C14H20N2O3. The van der Waals surface area contributed by atoms with Gasteiger partial charge < -0.3 is 9.80 Å². The summed E-state index contributed by atoms with van der Waals surface area (Å²) in [6.07, 6.45) is 1.19. The molecule has 19 heavy (non-hydrogen) atoms. The highest BCUT2D eigenvalue weighted by molar-refractivity contribution is 5.94. The first-order chi connectivity index (χ1) is 8.82. The van der Waals surface area contributed by atoms with E-state index in [2.05, 4.69) is 6.58 Å². The van der Waals surface area contributed by atoms with Crippen molar-refractivity contribution in [3.05, 3.63) is 12.3 Å². The molecular weight excluding hydrogens is 244 g/mol. The minimum Gasteiger partial charge on any atom is -0.331 e. The highest BCUT2D eigenvalue weighted by Gasteiger charge is 2.46. The fraction of sp³-hybridized carbons (Fsp3) is 0.643. The van der Waals surface area contributed by atoms with E-state index in [4.69, 9.17) is 0 Å². The molecule has 0 spiro atoms. The van der Waals surface area contributed by atoms with Gasteiger partial charge >= 0.3 is 0 Å². The van der Waals surface area contributed by atoms with E-state index in [1.54, 1.807) is 9.80 Å². The van der Waals surface area contributed by atoms with Crippen LogP contribution in [0.2, 0.25) is 0 Å². The lowest BCUT2D eigenvalue weighted by Crippen LogP contribution is -2.43. The largest absolute Gasteiger partial charge is 0.331 e. The fourth-order valence-electron chi connectivity index (χ4n) is 2.96. The third-order valence-electron chi connectivity index (χ3n) is 3.91. The van der Waals surface area contributed by atoms with Gasteiger partial charge in [0, 0.05) is 17.7 Å². The Hall–Kier alpha value is -1.65. The first-order valence-corrected chi connectivity index (χ1v) is 6.63. The van der Waals surface area contributed by atoms with Crippen LogP contribution >= 0.6 is 0 Å². The van der Waals surface area contributed by atoms with Gasteiger partial charge in [0.1, 0.15) is 11.8 Å². The zero-order valence-corrected chi connectivity index (χ0v) is 11.7. The van der Waals surface area contributed by atoms with Crippen molar-refractivity contribution in [3.63, 3.8) is 0 Å². The summed E-state index contributed by atoms with van der Waals surface area (Å²) >= 11 is 0. The number of hydrogen-bond donors (Lipinski definition) is 0. The van der Waals surface area contributed by atoms with Crippen LogP contribution in [-0.4, -0.2) is 46.0 Å². The van der Waals surface area contributed by atoms with Crippen molar-refractivity contribution in [2.24, 2.45) is 5.92 Å². The molecule has 0 saturated carbocycles. The molecule has 104 valence electrons. The lowest BCUT2D eigenvalue weighted by Gasteiger charge is -2.24. The van der Waals surface area contributed by atoms with Crippen molar-refractivity contribution in [3.8, 4) is 0 Å². The molecule has 0 bridgehead atoms. The van der Waals surface area contributed by atoms with E-state index < -0.39 is 6.04 Å². The molecule has 0 aromatic heterocycles. The van der Waals surface area contributed by atoms with E-state index in [0.29, 0.717) is 18.5 Å². The lowest BCUT2D eigenvalue weighted by atomic mass is 10.1. The Balaban J connectivity index is 2.19. The fourth-order valence-corrected chi connectivity index (χ4v) is 2.96. The average molecular weight is 264 g/mol. The maximum atomic E-state index is 12.4. The molecule has 0 aromatic carbocycles. The predicted molar refractivity (Wildman–Crippen MR) is 70.0 cm³/mol. The number of carbonyl (C=O) groups is 3. The number of hydrogen-bond acceptors (Lipinski definition) is 3. The van der Waals surface area contributed by atoms with Gasteiger partial charge in [0.05, 0.1) is 6.54 Å². The number of likely N-dealkylation sites (tertiary alicyclic amines) is 2. The van der Waals surface area contributed by atoms with Gasteiger partial charge in [-0.2, -0.15) is 0 Å². The van der Waals surface area contributed by atoms with Gasteiger partial charge in [-0.25, -0.2) is 0 Å². The van der Waals surface area contributed by atoms with E-state index in [-0.39, 0.29) is 36.1 Å². The number of carbonyl (C=O) groups excluding carboxylic acids is 3. The lowest BCUT2D eigenvalue weighted by molar-refractivity contribution is -0.141. The topological polar surface area (TPSA) is 57.7 Å². The van der Waals surface area contributed by atoms with Gasteiger partial charge in [-0.15, -0.1) is 0 Å². The molecule has 2 heterocycles. The minimum absolute atomic E-state index is 0.0158. The van der Waals surface area contributed by atoms with E-state index in [9.17, 15) is 14.4 Å². The predicted octanol–water partition coefficient (Wildman–Crippen LogP) is 0.947. The molecule has 0 N–H and O–H groups in total. The average Bonchev–Trinajstić information content (AvgIpc) is 2.70. The van der Waals surface area contributed by atoms with Crippen molar-refractivity contribution in [1.29, 1.82) is 0 Å². The Morgan fingerprint density at radius 3 is 2.42 bits per heavy atom. The van der Waals surface area contributed by atoms with Crippen LogP contribution in [0.4, 0.5) is 0 Å². The Kier molecular flexibility index (Phi) is 3.47. The minimum atomic E-state index is -0.473. The van der Waals surface area contributed by atoms with E-state index in [0.717, 1.165) is 0 Å². The van der Waals surface area contributed by atoms with Crippen molar-refractivity contribution in [1.82, 2.24) is 9.80 Å². The summed E-state index contributed by atoms with van der Waals surface area (Å²) in [5, 5.41) is 0. The van der Waals surface area contributed by atoms with Crippen LogP contribution in [0.1, 0.15) is 33.6 Å². The zero-order chi connectivity index (χ0) is 14.3. The van der Waals surface area contributed by atoms with Crippen LogP contribution in [0.3, 0.4) is 0 Å². The van der Waals surface area contributed by atoms with Crippen LogP contribution < -0.4 is 0 Å². The molecule has 0 radical (unpaired) electrons. The molecule has 5 nitrogen and oxygen atoms in total. The maximum Gasteiger partial charge on any atom is 0.246 e. The maximum absolute atomic E-state index is 12.4. The van der Waals surface area contributed by atoms with Gasteiger partial charge in [-0.3, -0.25) is 14.4 Å². The summed E-state index contributed by atoms with van der Waals surface area (Å²) < 4.78 is 0. The number of amides is 2. The smallest absolute Gasteiger partial charge is 0.246 e. The molecule has 2 saturated heterocycles. The first kappa shape index (κ1) is 13.8. The van der Waals surface area contributed by atoms with Crippen LogP contribution in [-0.2, 0) is 14.4 Å². The van der Waals surface area contributed by atoms with Crippen molar-refractivity contribution >= 4 is 17.6 Å². The number of allylic oxidation sites excluding steroid dienone is 1. The van der Waals surface area contributed by atoms with Crippen LogP contribution in [0.25, 0.3) is 0 Å². The van der Waals surface area contributed by atoms with E-state index in [1.165, 1.54) is 6.92 Å². The second-order valence-electron chi connectivity index (χ2n) is 5.65. The zero-order valence-electron chi connectivity index (χ0n) is 11.7. The second kappa shape index (κ2) is 4.79. The van der Waals surface area contributed by atoms with Crippen molar-refractivity contribution in [2.75, 3.05) is 6.54 Å². The van der Waals surface area contributed by atoms with Gasteiger partial charge in [-0.05, 0) is 26.7 Å². The molecule has 3 unspecified atom stereocenters. The van der Waals surface area contributed by atoms with Crippen LogP contribution in [0.5, 0.6) is 0 Å². The summed E-state index contributed by atoms with van der Waals surface area (Å²) in [5.41, 5.74) is 0.715. The van der Waals surface area contributed by atoms with Gasteiger partial charge in [0.25, 0.3) is 0 Å². The van der Waals surface area contributed by atoms with E-state index >= 15 is 0 Å². The summed E-state index contributed by atoms with van der Waals surface area (Å²) in [5.74, 6) is -0.301. The van der Waals surface area contributed by atoms with Gasteiger partial charge in [0.15, 0.2) is 0 Å². The standard InChI is InChI=1S/C14H20N2O3/c1-8-5-10(3)16(13(8)18)12-6-9(2)15(14(12)19)7-11(4)17/h8-9,12H,3,5-7H2,1-2,4H3. The van der Waals surface area contributed by atoms with Crippen molar-refractivity contribution in [2.45, 2.75) is 45.7 Å². The molecule has 2 amide bonds. The quantitative estimate of drug-likeness (QED) is 0.762.